The monoisotopic (exact) mass is 472 g/mol. The number of hydrogen-bond acceptors (Lipinski definition) is 7. The van der Waals surface area contributed by atoms with E-state index in [9.17, 15) is 4.79 Å². The first-order valence-corrected chi connectivity index (χ1v) is 12.7. The maximum absolute atomic E-state index is 12.7. The molecule has 0 aliphatic carbocycles. The third kappa shape index (κ3) is 3.31. The molecule has 3 saturated heterocycles. The molecule has 0 bridgehead atoms. The summed E-state index contributed by atoms with van der Waals surface area (Å²) in [5.74, 6) is 0. The van der Waals surface area contributed by atoms with E-state index >= 15 is 0 Å². The van der Waals surface area contributed by atoms with E-state index < -0.39 is 0 Å². The normalized spacial score (nSPS) is 25.5. The van der Waals surface area contributed by atoms with Crippen LogP contribution in [0, 0.1) is 0 Å². The molecule has 0 unspecified atom stereocenters. The maximum atomic E-state index is 12.7. The van der Waals surface area contributed by atoms with Gasteiger partial charge in [-0.3, -0.25) is 14.3 Å². The summed E-state index contributed by atoms with van der Waals surface area (Å²) in [6.07, 6.45) is 1.76. The van der Waals surface area contributed by atoms with E-state index in [2.05, 4.69) is 56.2 Å². The zero-order valence-electron chi connectivity index (χ0n) is 20.4. The molecule has 3 aromatic rings. The van der Waals surface area contributed by atoms with Crippen molar-refractivity contribution in [2.75, 3.05) is 55.7 Å². The molecule has 8 nitrogen and oxygen atoms in total. The number of morpholine rings is 1. The Morgan fingerprint density at radius 1 is 1.14 bits per heavy atom. The molecule has 1 N–H and O–H groups in total. The number of pyridine rings is 2. The molecule has 0 amide bonds. The van der Waals surface area contributed by atoms with E-state index in [-0.39, 0.29) is 11.2 Å². The van der Waals surface area contributed by atoms with Crippen molar-refractivity contribution >= 4 is 22.4 Å². The lowest BCUT2D eigenvalue weighted by molar-refractivity contribution is -0.0881. The lowest BCUT2D eigenvalue weighted by Crippen LogP contribution is -2.69. The Bertz CT molecular complexity index is 1370. The Labute approximate surface area is 205 Å². The van der Waals surface area contributed by atoms with E-state index in [4.69, 9.17) is 4.74 Å². The Morgan fingerprint density at radius 2 is 2.03 bits per heavy atom. The number of nitrogens with zero attached hydrogens (tertiary/aromatic N) is 5. The van der Waals surface area contributed by atoms with E-state index in [0.29, 0.717) is 12.1 Å². The minimum absolute atomic E-state index is 0.00581. The van der Waals surface area contributed by atoms with Crippen LogP contribution < -0.4 is 20.7 Å². The highest BCUT2D eigenvalue weighted by atomic mass is 16.5. The van der Waals surface area contributed by atoms with E-state index in [1.54, 1.807) is 23.9 Å². The van der Waals surface area contributed by atoms with Gasteiger partial charge in [-0.2, -0.15) is 0 Å². The van der Waals surface area contributed by atoms with Crippen molar-refractivity contribution in [3.8, 4) is 0 Å². The quantitative estimate of drug-likeness (QED) is 0.611. The minimum atomic E-state index is -0.0114. The van der Waals surface area contributed by atoms with E-state index in [0.717, 1.165) is 69.1 Å². The molecule has 1 spiro atoms. The van der Waals surface area contributed by atoms with Gasteiger partial charge < -0.3 is 19.9 Å². The van der Waals surface area contributed by atoms with Crippen LogP contribution in [0.15, 0.2) is 47.4 Å². The van der Waals surface area contributed by atoms with Crippen LogP contribution in [0.5, 0.6) is 0 Å². The molecule has 0 radical (unpaired) electrons. The lowest BCUT2D eigenvalue weighted by Gasteiger charge is -2.49. The van der Waals surface area contributed by atoms with E-state index in [1.807, 2.05) is 6.07 Å². The predicted molar refractivity (Wildman–Crippen MR) is 137 cm³/mol. The first-order valence-electron chi connectivity index (χ1n) is 12.7. The van der Waals surface area contributed by atoms with Gasteiger partial charge in [0.2, 0.25) is 0 Å². The fourth-order valence-corrected chi connectivity index (χ4v) is 6.51. The second-order valence-electron chi connectivity index (χ2n) is 10.7. The summed E-state index contributed by atoms with van der Waals surface area (Å²) < 4.78 is 7.73. The molecule has 4 aliphatic heterocycles. The van der Waals surface area contributed by atoms with Crippen LogP contribution in [0.3, 0.4) is 0 Å². The Balaban J connectivity index is 1.20. The van der Waals surface area contributed by atoms with Crippen molar-refractivity contribution in [3.63, 3.8) is 0 Å². The van der Waals surface area contributed by atoms with Crippen molar-refractivity contribution in [3.05, 3.63) is 64.1 Å². The van der Waals surface area contributed by atoms with Gasteiger partial charge in [-0.1, -0.05) is 6.07 Å². The van der Waals surface area contributed by atoms with Gasteiger partial charge in [0.1, 0.15) is 11.2 Å². The summed E-state index contributed by atoms with van der Waals surface area (Å²) >= 11 is 0. The highest BCUT2D eigenvalue weighted by molar-refractivity contribution is 5.89. The molecular weight excluding hydrogens is 440 g/mol. The van der Waals surface area contributed by atoms with E-state index in [1.165, 1.54) is 16.8 Å². The zero-order chi connectivity index (χ0) is 23.7. The standard InChI is InChI=1S/C27H32N6O2/c1-18-12-32(23-11-25(34)30(2)26-22(23)4-3-7-29-26)14-24-21-6-5-20(10-19(21)13-33(18)24)31-8-9-35-27(17-31)15-28-16-27/h3-7,10-11,18,24,28H,8-9,12-17H2,1-2H3/t18-,24-/m1/s1. The number of piperazine rings is 1. The van der Waals surface area contributed by atoms with Crippen molar-refractivity contribution in [2.24, 2.45) is 7.05 Å². The molecule has 35 heavy (non-hydrogen) atoms. The number of ether oxygens (including phenoxy) is 1. The van der Waals surface area contributed by atoms with Crippen LogP contribution in [0.1, 0.15) is 24.1 Å². The third-order valence-corrected chi connectivity index (χ3v) is 8.50. The largest absolute Gasteiger partial charge is 0.369 e. The zero-order valence-corrected chi connectivity index (χ0v) is 20.4. The van der Waals surface area contributed by atoms with Crippen LogP contribution in [0.4, 0.5) is 11.4 Å². The highest BCUT2D eigenvalue weighted by Crippen LogP contribution is 2.42. The smallest absolute Gasteiger partial charge is 0.253 e. The number of aromatic nitrogens is 2. The molecule has 2 atom stereocenters. The molecule has 182 valence electrons. The average Bonchev–Trinajstić information content (AvgIpc) is 3.24. The fourth-order valence-electron chi connectivity index (χ4n) is 6.51. The summed E-state index contributed by atoms with van der Waals surface area (Å²) in [5, 5.41) is 4.41. The Morgan fingerprint density at radius 3 is 2.86 bits per heavy atom. The third-order valence-electron chi connectivity index (χ3n) is 8.50. The lowest BCUT2D eigenvalue weighted by atomic mass is 9.94. The highest BCUT2D eigenvalue weighted by Gasteiger charge is 2.43. The Hall–Kier alpha value is -2.94. The van der Waals surface area contributed by atoms with Gasteiger partial charge in [0, 0.05) is 82.2 Å². The maximum Gasteiger partial charge on any atom is 0.253 e. The van der Waals surface area contributed by atoms with Gasteiger partial charge in [-0.15, -0.1) is 0 Å². The molecule has 2 aromatic heterocycles. The van der Waals surface area contributed by atoms with Crippen molar-refractivity contribution < 1.29 is 4.74 Å². The molecule has 4 aliphatic rings. The first kappa shape index (κ1) is 21.4. The molecule has 7 rings (SSSR count). The first-order chi connectivity index (χ1) is 17.0. The van der Waals surface area contributed by atoms with Crippen LogP contribution in [0.2, 0.25) is 0 Å². The number of anilines is 2. The molecule has 6 heterocycles. The predicted octanol–water partition coefficient (Wildman–Crippen LogP) is 1.88. The fraction of sp³-hybridized carbons (Fsp3) is 0.481. The summed E-state index contributed by atoms with van der Waals surface area (Å²) in [5.41, 5.74) is 5.89. The number of nitrogens with one attached hydrogen (secondary N) is 1. The number of fused-ring (bicyclic) bond motifs is 4. The number of hydrogen-bond donors (Lipinski definition) is 1. The van der Waals surface area contributed by atoms with Crippen molar-refractivity contribution in [1.29, 1.82) is 0 Å². The summed E-state index contributed by atoms with van der Waals surface area (Å²) in [6, 6.07) is 13.6. The summed E-state index contributed by atoms with van der Waals surface area (Å²) in [6.45, 7) is 9.66. The average molecular weight is 473 g/mol. The SMILES string of the molecule is C[C@@H]1CN(c2cc(=O)n(C)c3ncccc23)C[C@@H]2c3ccc(N4CCOC5(CNC5)C4)cc3CN12. The second kappa shape index (κ2) is 7.78. The molecule has 3 fully saturated rings. The van der Waals surface area contributed by atoms with Crippen LogP contribution in [-0.4, -0.2) is 72.0 Å². The van der Waals surface area contributed by atoms with Gasteiger partial charge in [-0.25, -0.2) is 4.98 Å². The minimum Gasteiger partial charge on any atom is -0.369 e. The van der Waals surface area contributed by atoms with Gasteiger partial charge in [-0.05, 0) is 42.3 Å². The molecular formula is C27H32N6O2. The Kier molecular flexibility index (Phi) is 4.75. The molecule has 8 heteroatoms. The number of rotatable bonds is 2. The van der Waals surface area contributed by atoms with Gasteiger partial charge in [0.25, 0.3) is 5.56 Å². The summed E-state index contributed by atoms with van der Waals surface area (Å²) in [4.78, 5) is 24.8. The number of aryl methyl sites for hydroxylation is 1. The van der Waals surface area contributed by atoms with Crippen LogP contribution in [-0.2, 0) is 18.3 Å². The van der Waals surface area contributed by atoms with Crippen molar-refractivity contribution in [1.82, 2.24) is 19.8 Å². The van der Waals surface area contributed by atoms with Crippen LogP contribution in [0.25, 0.3) is 11.0 Å². The van der Waals surface area contributed by atoms with Crippen LogP contribution >= 0.6 is 0 Å². The van der Waals surface area contributed by atoms with Gasteiger partial charge in [0.05, 0.1) is 18.3 Å². The topological polar surface area (TPSA) is 65.9 Å². The molecule has 1 aromatic carbocycles. The molecule has 0 saturated carbocycles. The number of benzene rings is 1. The van der Waals surface area contributed by atoms with Crippen molar-refractivity contribution in [2.45, 2.75) is 31.2 Å². The summed E-state index contributed by atoms with van der Waals surface area (Å²) in [7, 11) is 1.80. The van der Waals surface area contributed by atoms with Gasteiger partial charge >= 0.3 is 0 Å². The second-order valence-corrected chi connectivity index (χ2v) is 10.7. The van der Waals surface area contributed by atoms with Gasteiger partial charge in [0.15, 0.2) is 0 Å².